The van der Waals surface area contributed by atoms with Gasteiger partial charge in [-0.15, -0.1) is 10.2 Å². The minimum atomic E-state index is -0.287. The fourth-order valence-corrected chi connectivity index (χ4v) is 5.04. The van der Waals surface area contributed by atoms with Crippen molar-refractivity contribution in [2.75, 3.05) is 54.0 Å². The van der Waals surface area contributed by atoms with Gasteiger partial charge in [-0.25, -0.2) is 0 Å². The largest absolute Gasteiger partial charge is 0.497 e. The molecule has 3 aromatic carbocycles. The van der Waals surface area contributed by atoms with E-state index in [9.17, 15) is 9.59 Å². The maximum atomic E-state index is 13.7. The third-order valence-electron chi connectivity index (χ3n) is 6.62. The van der Waals surface area contributed by atoms with Gasteiger partial charge in [-0.05, 0) is 60.5 Å². The maximum Gasteiger partial charge on any atom is 0.254 e. The van der Waals surface area contributed by atoms with E-state index in [4.69, 9.17) is 23.7 Å². The number of carbonyl (C=O) groups excluding carboxylic acids is 2. The van der Waals surface area contributed by atoms with Crippen LogP contribution in [0, 0.1) is 0 Å². The van der Waals surface area contributed by atoms with Gasteiger partial charge in [0.15, 0.2) is 11.5 Å². The van der Waals surface area contributed by atoms with Gasteiger partial charge in [-0.2, -0.15) is 0 Å². The molecule has 226 valence electrons. The Bertz CT molecular complexity index is 1520. The molecule has 0 atom stereocenters. The molecule has 1 aromatic heterocycles. The van der Waals surface area contributed by atoms with Crippen molar-refractivity contribution in [3.8, 4) is 39.3 Å². The number of nitrogens with one attached hydrogen (secondary N) is 1. The molecule has 1 heterocycles. The smallest absolute Gasteiger partial charge is 0.254 e. The molecule has 4 rings (SSSR count). The van der Waals surface area contributed by atoms with Gasteiger partial charge in [0.2, 0.25) is 11.0 Å². The second-order valence-corrected chi connectivity index (χ2v) is 10.2. The zero-order valence-corrected chi connectivity index (χ0v) is 25.5. The molecule has 0 spiro atoms. The van der Waals surface area contributed by atoms with Gasteiger partial charge >= 0.3 is 0 Å². The fraction of sp³-hybridized carbons (Fsp3) is 0.290. The van der Waals surface area contributed by atoms with Gasteiger partial charge in [0.1, 0.15) is 22.3 Å². The third-order valence-corrected chi connectivity index (χ3v) is 7.51. The zero-order valence-electron chi connectivity index (χ0n) is 24.7. The number of hydrogen-bond donors (Lipinski definition) is 1. The average Bonchev–Trinajstić information content (AvgIpc) is 3.52. The van der Waals surface area contributed by atoms with E-state index < -0.39 is 0 Å². The normalized spacial score (nSPS) is 10.5. The van der Waals surface area contributed by atoms with Gasteiger partial charge in [0.05, 0.1) is 35.5 Å². The molecule has 0 unspecified atom stereocenters. The predicted octanol–water partition coefficient (Wildman–Crippen LogP) is 4.96. The van der Waals surface area contributed by atoms with Crippen LogP contribution in [0.15, 0.2) is 60.7 Å². The first-order valence-electron chi connectivity index (χ1n) is 13.4. The van der Waals surface area contributed by atoms with Crippen LogP contribution in [0.1, 0.15) is 22.3 Å². The minimum absolute atomic E-state index is 0.0518. The van der Waals surface area contributed by atoms with Crippen molar-refractivity contribution in [2.45, 2.75) is 12.8 Å². The Morgan fingerprint density at radius 3 is 2.05 bits per heavy atom. The Morgan fingerprint density at radius 2 is 1.42 bits per heavy atom. The average molecular weight is 607 g/mol. The third kappa shape index (κ3) is 8.13. The summed E-state index contributed by atoms with van der Waals surface area (Å²) in [6.45, 7) is 0.517. The Kier molecular flexibility index (Phi) is 10.8. The summed E-state index contributed by atoms with van der Waals surface area (Å²) in [7, 11) is 7.80. The summed E-state index contributed by atoms with van der Waals surface area (Å²) in [5.41, 5.74) is 2.19. The highest BCUT2D eigenvalue weighted by Crippen LogP contribution is 2.29. The lowest BCUT2D eigenvalue weighted by Gasteiger charge is -2.23. The van der Waals surface area contributed by atoms with Gasteiger partial charge in [0, 0.05) is 36.7 Å². The summed E-state index contributed by atoms with van der Waals surface area (Å²) in [6, 6.07) is 18.0. The Labute approximate surface area is 254 Å². The molecule has 0 fully saturated rings. The second kappa shape index (κ2) is 14.9. The van der Waals surface area contributed by atoms with Crippen LogP contribution >= 0.6 is 11.3 Å². The van der Waals surface area contributed by atoms with E-state index in [0.717, 1.165) is 16.9 Å². The van der Waals surface area contributed by atoms with Gasteiger partial charge in [-0.1, -0.05) is 17.4 Å². The predicted molar refractivity (Wildman–Crippen MR) is 164 cm³/mol. The van der Waals surface area contributed by atoms with Crippen LogP contribution in [0.3, 0.4) is 0 Å². The van der Waals surface area contributed by atoms with Crippen molar-refractivity contribution in [1.82, 2.24) is 15.1 Å². The standard InChI is InChI=1S/C31H34N4O7S/c1-38-23-9-7-21(8-10-23)29-33-34-31(43-29)32-28(36)13-15-35(14-12-20-6-11-26(41-4)27(16-20)42-5)30(37)22-17-24(39-2)19-25(18-22)40-3/h6-11,16-19H,12-15H2,1-5H3,(H,32,34,36). The summed E-state index contributed by atoms with van der Waals surface area (Å²) in [5.74, 6) is 2.38. The number of nitrogens with zero attached hydrogens (tertiary/aromatic N) is 3. The molecule has 0 saturated heterocycles. The first kappa shape index (κ1) is 31.1. The van der Waals surface area contributed by atoms with Gasteiger partial charge in [0.25, 0.3) is 5.91 Å². The van der Waals surface area contributed by atoms with E-state index >= 15 is 0 Å². The quantitative estimate of drug-likeness (QED) is 0.212. The van der Waals surface area contributed by atoms with Gasteiger partial charge < -0.3 is 33.9 Å². The lowest BCUT2D eigenvalue weighted by molar-refractivity contribution is -0.116. The Morgan fingerprint density at radius 1 is 0.744 bits per heavy atom. The van der Waals surface area contributed by atoms with Crippen molar-refractivity contribution in [3.63, 3.8) is 0 Å². The van der Waals surface area contributed by atoms with E-state index in [0.29, 0.717) is 51.7 Å². The fourth-order valence-electron chi connectivity index (χ4n) is 4.27. The molecule has 0 bridgehead atoms. The number of aromatic nitrogens is 2. The Balaban J connectivity index is 1.47. The van der Waals surface area contributed by atoms with E-state index in [1.165, 1.54) is 25.6 Å². The molecule has 2 amide bonds. The number of carbonyl (C=O) groups is 2. The lowest BCUT2D eigenvalue weighted by atomic mass is 10.1. The second-order valence-electron chi connectivity index (χ2n) is 9.27. The van der Waals surface area contributed by atoms with Crippen molar-refractivity contribution >= 4 is 28.3 Å². The number of rotatable bonds is 14. The van der Waals surface area contributed by atoms with Crippen LogP contribution in [-0.4, -0.2) is 75.6 Å². The molecule has 4 aromatic rings. The van der Waals surface area contributed by atoms with Crippen LogP contribution in [0.5, 0.6) is 28.7 Å². The van der Waals surface area contributed by atoms with Crippen LogP contribution in [0.4, 0.5) is 5.13 Å². The SMILES string of the molecule is COc1ccc(-c2nnc(NC(=O)CCN(CCc3ccc(OC)c(OC)c3)C(=O)c3cc(OC)cc(OC)c3)s2)cc1. The summed E-state index contributed by atoms with van der Waals surface area (Å²) < 4.78 is 26.7. The molecule has 0 aliphatic heterocycles. The van der Waals surface area contributed by atoms with Crippen LogP contribution < -0.4 is 29.0 Å². The summed E-state index contributed by atoms with van der Waals surface area (Å²) in [5, 5.41) is 12.1. The van der Waals surface area contributed by atoms with Crippen molar-refractivity contribution in [3.05, 3.63) is 71.8 Å². The maximum absolute atomic E-state index is 13.7. The molecular weight excluding hydrogens is 572 g/mol. The molecule has 0 aliphatic rings. The molecule has 1 N–H and O–H groups in total. The first-order valence-corrected chi connectivity index (χ1v) is 14.2. The van der Waals surface area contributed by atoms with E-state index in [1.54, 1.807) is 44.4 Å². The number of ether oxygens (including phenoxy) is 5. The topological polar surface area (TPSA) is 121 Å². The molecule has 12 heteroatoms. The summed E-state index contributed by atoms with van der Waals surface area (Å²) in [4.78, 5) is 28.3. The zero-order chi connectivity index (χ0) is 30.8. The summed E-state index contributed by atoms with van der Waals surface area (Å²) >= 11 is 1.26. The lowest BCUT2D eigenvalue weighted by Crippen LogP contribution is -2.35. The van der Waals surface area contributed by atoms with E-state index in [-0.39, 0.29) is 24.8 Å². The molecule has 0 saturated carbocycles. The molecule has 11 nitrogen and oxygen atoms in total. The molecule has 0 radical (unpaired) electrons. The van der Waals surface area contributed by atoms with Crippen molar-refractivity contribution in [2.24, 2.45) is 0 Å². The van der Waals surface area contributed by atoms with Crippen molar-refractivity contribution < 1.29 is 33.3 Å². The van der Waals surface area contributed by atoms with Crippen LogP contribution in [-0.2, 0) is 11.2 Å². The van der Waals surface area contributed by atoms with Gasteiger partial charge in [-0.3, -0.25) is 9.59 Å². The van der Waals surface area contributed by atoms with E-state index in [1.807, 2.05) is 42.5 Å². The Hall–Kier alpha value is -4.84. The van der Waals surface area contributed by atoms with Crippen molar-refractivity contribution in [1.29, 1.82) is 0 Å². The van der Waals surface area contributed by atoms with Crippen LogP contribution in [0.25, 0.3) is 10.6 Å². The first-order chi connectivity index (χ1) is 20.9. The monoisotopic (exact) mass is 606 g/mol. The minimum Gasteiger partial charge on any atom is -0.497 e. The van der Waals surface area contributed by atoms with E-state index in [2.05, 4.69) is 15.5 Å². The van der Waals surface area contributed by atoms with Crippen LogP contribution in [0.2, 0.25) is 0 Å². The molecule has 0 aliphatic carbocycles. The number of anilines is 1. The number of hydrogen-bond acceptors (Lipinski definition) is 10. The summed E-state index contributed by atoms with van der Waals surface area (Å²) in [6.07, 6.45) is 0.576. The molecule has 43 heavy (non-hydrogen) atoms. The highest BCUT2D eigenvalue weighted by molar-refractivity contribution is 7.18. The number of methoxy groups -OCH3 is 5. The number of amides is 2. The molecular formula is C31H34N4O7S. The highest BCUT2D eigenvalue weighted by Gasteiger charge is 2.20. The number of benzene rings is 3. The highest BCUT2D eigenvalue weighted by atomic mass is 32.1.